The summed E-state index contributed by atoms with van der Waals surface area (Å²) in [6.45, 7) is 9.38. The second-order valence-corrected chi connectivity index (χ2v) is 14.5. The maximum atomic E-state index is 14.2. The number of hydrogen-bond acceptors (Lipinski definition) is 8. The summed E-state index contributed by atoms with van der Waals surface area (Å²) in [7, 11) is 1.61. The van der Waals surface area contributed by atoms with Gasteiger partial charge in [-0.3, -0.25) is 9.59 Å². The van der Waals surface area contributed by atoms with Crippen LogP contribution in [0.15, 0.2) is 18.2 Å². The number of nitrogens with zero attached hydrogens (tertiary/aromatic N) is 3. The molecule has 5 aliphatic rings. The smallest absolute Gasteiger partial charge is 0.408 e. The van der Waals surface area contributed by atoms with Gasteiger partial charge < -0.3 is 24.4 Å². The van der Waals surface area contributed by atoms with Crippen molar-refractivity contribution in [1.82, 2.24) is 20.2 Å². The lowest BCUT2D eigenvalue weighted by Gasteiger charge is -2.35. The first-order valence-electron chi connectivity index (χ1n) is 16.2. The summed E-state index contributed by atoms with van der Waals surface area (Å²) < 4.78 is 18.1. The molecule has 0 spiro atoms. The molecule has 1 saturated heterocycles. The molecule has 10 heteroatoms. The molecule has 2 aliphatic heterocycles. The van der Waals surface area contributed by atoms with Crippen molar-refractivity contribution in [3.05, 3.63) is 23.9 Å². The van der Waals surface area contributed by atoms with E-state index in [1.165, 1.54) is 6.92 Å². The van der Waals surface area contributed by atoms with Crippen LogP contribution in [0.4, 0.5) is 4.79 Å². The number of nitrogens with one attached hydrogen (secondary N) is 1. The summed E-state index contributed by atoms with van der Waals surface area (Å²) in [5.41, 5.74) is 1.59. The molecule has 3 saturated carbocycles. The van der Waals surface area contributed by atoms with Crippen molar-refractivity contribution in [3.63, 3.8) is 0 Å². The summed E-state index contributed by atoms with van der Waals surface area (Å²) in [4.78, 5) is 52.1. The second kappa shape index (κ2) is 11.8. The van der Waals surface area contributed by atoms with Crippen molar-refractivity contribution >= 4 is 28.8 Å². The maximum Gasteiger partial charge on any atom is 0.408 e. The first-order valence-corrected chi connectivity index (χ1v) is 16.2. The lowest BCUT2D eigenvalue weighted by atomic mass is 9.81. The molecule has 6 atom stereocenters. The predicted octanol–water partition coefficient (Wildman–Crippen LogP) is 5.10. The van der Waals surface area contributed by atoms with E-state index in [1.54, 1.807) is 12.0 Å². The Morgan fingerprint density at radius 2 is 1.82 bits per heavy atom. The highest BCUT2D eigenvalue weighted by Gasteiger charge is 2.54. The van der Waals surface area contributed by atoms with Crippen LogP contribution in [0.2, 0.25) is 0 Å². The average molecular weight is 607 g/mol. The molecule has 10 nitrogen and oxygen atoms in total. The third kappa shape index (κ3) is 5.72. The molecule has 7 rings (SSSR count). The Morgan fingerprint density at radius 1 is 1.05 bits per heavy atom. The fraction of sp³-hybridized carbons (Fsp3) is 0.676. The number of benzene rings is 1. The van der Waals surface area contributed by atoms with Gasteiger partial charge in [-0.1, -0.05) is 40.5 Å². The number of fused-ring (bicyclic) bond motifs is 4. The standard InChI is InChI=1S/C34H46N4O6/c1-18-27-17-38(28(18)19(2)39)32(40)30(34(3,4)5)37-33(41)44-29-21-14-20(15-21)23(29)10-8-7-9-11-25-31(43-27)36-26-16-22(42-6)12-13-24(26)35-25/h12-13,16,18,20-21,23,27-30H,7-11,14-15,17H2,1-6H3,(H,37,41)/t18-,20?,21?,23-,27+,28+,29-,30-/m1/s1. The van der Waals surface area contributed by atoms with Crippen LogP contribution in [0.1, 0.15) is 78.8 Å². The van der Waals surface area contributed by atoms with Crippen LogP contribution in [-0.2, 0) is 20.7 Å². The van der Waals surface area contributed by atoms with Crippen molar-refractivity contribution in [1.29, 1.82) is 0 Å². The molecule has 3 heterocycles. The minimum Gasteiger partial charge on any atom is -0.497 e. The van der Waals surface area contributed by atoms with Gasteiger partial charge in [0.1, 0.15) is 29.7 Å². The van der Waals surface area contributed by atoms with E-state index < -0.39 is 29.7 Å². The number of methoxy groups -OCH3 is 1. The normalized spacial score (nSPS) is 32.7. The molecule has 0 radical (unpaired) electrons. The van der Waals surface area contributed by atoms with Crippen molar-refractivity contribution in [2.24, 2.45) is 29.1 Å². The number of amides is 2. The Hall–Kier alpha value is -3.43. The molecule has 44 heavy (non-hydrogen) atoms. The molecular weight excluding hydrogens is 560 g/mol. The van der Waals surface area contributed by atoms with Crippen molar-refractivity contribution in [3.8, 4) is 11.6 Å². The largest absolute Gasteiger partial charge is 0.497 e. The van der Waals surface area contributed by atoms with E-state index in [0.29, 0.717) is 41.3 Å². The zero-order valence-electron chi connectivity index (χ0n) is 26.8. The first-order chi connectivity index (χ1) is 20.9. The Morgan fingerprint density at radius 3 is 2.52 bits per heavy atom. The number of carbonyl (C=O) groups excluding carboxylic acids is 3. The van der Waals surface area contributed by atoms with Crippen LogP contribution >= 0.6 is 0 Å². The van der Waals surface area contributed by atoms with Crippen LogP contribution < -0.4 is 14.8 Å². The number of alkyl carbamates (subject to hydrolysis) is 1. The zero-order valence-corrected chi connectivity index (χ0v) is 26.8. The molecule has 1 N–H and O–H groups in total. The number of aryl methyl sites for hydroxylation is 1. The third-order valence-corrected chi connectivity index (χ3v) is 10.4. The monoisotopic (exact) mass is 606 g/mol. The van der Waals surface area contributed by atoms with Crippen LogP contribution in [0.3, 0.4) is 0 Å². The summed E-state index contributed by atoms with van der Waals surface area (Å²) in [6, 6.07) is 4.05. The molecule has 2 aromatic rings. The number of ketones is 1. The second-order valence-electron chi connectivity index (χ2n) is 14.5. The Labute approximate surface area is 259 Å². The van der Waals surface area contributed by atoms with Gasteiger partial charge in [-0.15, -0.1) is 0 Å². The Balaban J connectivity index is 1.36. The summed E-state index contributed by atoms with van der Waals surface area (Å²) in [5, 5.41) is 2.93. The highest BCUT2D eigenvalue weighted by Crippen LogP contribution is 2.55. The van der Waals surface area contributed by atoms with Crippen LogP contribution in [-0.4, -0.2) is 70.6 Å². The quantitative estimate of drug-likeness (QED) is 0.501. The minimum atomic E-state index is -0.875. The van der Waals surface area contributed by atoms with Crippen LogP contribution in [0, 0.1) is 29.1 Å². The molecule has 4 fully saturated rings. The summed E-state index contributed by atoms with van der Waals surface area (Å²) in [5.74, 6) is 1.74. The van der Waals surface area contributed by atoms with E-state index >= 15 is 0 Å². The first kappa shape index (κ1) is 30.6. The Kier molecular flexibility index (Phi) is 8.22. The fourth-order valence-electron chi connectivity index (χ4n) is 7.97. The Bertz CT molecular complexity index is 1430. The van der Waals surface area contributed by atoms with E-state index in [1.807, 2.05) is 45.9 Å². The number of Topliss-reactive ketones (excluding diaryl/α,β-unsaturated/α-hetero) is 1. The average Bonchev–Trinajstić information content (AvgIpc) is 3.57. The van der Waals surface area contributed by atoms with Crippen LogP contribution in [0.25, 0.3) is 11.0 Å². The lowest BCUT2D eigenvalue weighted by molar-refractivity contribution is -0.141. The molecule has 2 amide bonds. The molecule has 4 bridgehead atoms. The van der Waals surface area contributed by atoms with Gasteiger partial charge in [0.2, 0.25) is 11.8 Å². The minimum absolute atomic E-state index is 0.112. The fourth-order valence-corrected chi connectivity index (χ4v) is 7.97. The molecule has 1 aromatic carbocycles. The van der Waals surface area contributed by atoms with Gasteiger partial charge in [0.05, 0.1) is 30.7 Å². The molecular formula is C34H46N4O6. The van der Waals surface area contributed by atoms with E-state index in [0.717, 1.165) is 49.7 Å². The van der Waals surface area contributed by atoms with E-state index in [2.05, 4.69) is 5.32 Å². The van der Waals surface area contributed by atoms with Gasteiger partial charge in [0, 0.05) is 12.0 Å². The molecule has 3 aliphatic carbocycles. The molecule has 1 aromatic heterocycles. The van der Waals surface area contributed by atoms with Gasteiger partial charge in [0.15, 0.2) is 5.78 Å². The summed E-state index contributed by atoms with van der Waals surface area (Å²) in [6.07, 6.45) is 5.78. The van der Waals surface area contributed by atoms with Crippen molar-refractivity contribution in [2.45, 2.75) is 104 Å². The maximum absolute atomic E-state index is 14.2. The van der Waals surface area contributed by atoms with E-state index in [-0.39, 0.29) is 30.3 Å². The zero-order chi connectivity index (χ0) is 31.3. The van der Waals surface area contributed by atoms with Gasteiger partial charge in [-0.2, -0.15) is 0 Å². The highest BCUT2D eigenvalue weighted by atomic mass is 16.6. The topological polar surface area (TPSA) is 120 Å². The lowest BCUT2D eigenvalue weighted by Crippen LogP contribution is -2.57. The van der Waals surface area contributed by atoms with Crippen LogP contribution in [0.5, 0.6) is 11.6 Å². The highest BCUT2D eigenvalue weighted by molar-refractivity contribution is 5.92. The van der Waals surface area contributed by atoms with E-state index in [4.69, 9.17) is 24.2 Å². The van der Waals surface area contributed by atoms with Crippen molar-refractivity contribution in [2.75, 3.05) is 13.7 Å². The van der Waals surface area contributed by atoms with Crippen molar-refractivity contribution < 1.29 is 28.6 Å². The predicted molar refractivity (Wildman–Crippen MR) is 164 cm³/mol. The number of ether oxygens (including phenoxy) is 3. The number of carbonyl (C=O) groups is 3. The molecule has 0 unspecified atom stereocenters. The number of aromatic nitrogens is 2. The van der Waals surface area contributed by atoms with Gasteiger partial charge in [-0.05, 0) is 74.3 Å². The van der Waals surface area contributed by atoms with Gasteiger partial charge >= 0.3 is 6.09 Å². The SMILES string of the molecule is COc1ccc2nc3c(nc2c1)O[C@H]1CN(C(=O)[C@H](C(C)(C)C)NC(=O)O[C@@H]2C4CC(C4)[C@H]2CCCCC3)[C@H](C(C)=O)[C@@H]1C. The van der Waals surface area contributed by atoms with E-state index in [9.17, 15) is 14.4 Å². The van der Waals surface area contributed by atoms with Gasteiger partial charge in [0.25, 0.3) is 0 Å². The third-order valence-electron chi connectivity index (χ3n) is 10.4. The number of hydrogen-bond donors (Lipinski definition) is 1. The number of rotatable bonds is 2. The summed E-state index contributed by atoms with van der Waals surface area (Å²) >= 11 is 0. The van der Waals surface area contributed by atoms with Gasteiger partial charge in [-0.25, -0.2) is 14.8 Å². The molecule has 238 valence electrons.